The number of nitrogens with one attached hydrogen (secondary N) is 3. The zero-order chi connectivity index (χ0) is 40.1. The van der Waals surface area contributed by atoms with Gasteiger partial charge in [-0.3, -0.25) is 14.5 Å². The van der Waals surface area contributed by atoms with Crippen LogP contribution in [0.2, 0.25) is 0 Å². The van der Waals surface area contributed by atoms with Crippen molar-refractivity contribution in [2.24, 2.45) is 11.8 Å². The fourth-order valence-electron chi connectivity index (χ4n) is 8.98. The SMILES string of the molecule is COC(=O)N[C@H](C(=O)N1CCC[C@H]1c1nc(C2=CCC(C3CC=C(c4c[nH]c([C@@H]5CCCN5C(=O)[C@H]([C@@H](C)OC)N(C)C(=O)O)n4)CC3)CC2)c[nH]1)C(C)OC. The lowest BCUT2D eigenvalue weighted by molar-refractivity contribution is -0.141. The second kappa shape index (κ2) is 18.0. The number of hydrogen-bond donors (Lipinski definition) is 4. The number of aromatic nitrogens is 4. The summed E-state index contributed by atoms with van der Waals surface area (Å²) in [6.07, 6.45) is 14.8. The summed E-state index contributed by atoms with van der Waals surface area (Å²) in [6.45, 7) is 4.57. The average molecular weight is 779 g/mol. The number of aromatic amines is 2. The molecule has 0 radical (unpaired) electrons. The lowest BCUT2D eigenvalue weighted by Gasteiger charge is -2.34. The maximum atomic E-state index is 13.7. The lowest BCUT2D eigenvalue weighted by atomic mass is 9.74. The lowest BCUT2D eigenvalue weighted by Crippen LogP contribution is -2.54. The summed E-state index contributed by atoms with van der Waals surface area (Å²) in [5.74, 6) is 2.16. The zero-order valence-electron chi connectivity index (χ0n) is 33.5. The third kappa shape index (κ3) is 8.65. The molecule has 2 aliphatic heterocycles. The van der Waals surface area contributed by atoms with Gasteiger partial charge in [0.05, 0.1) is 42.8 Å². The summed E-state index contributed by atoms with van der Waals surface area (Å²) >= 11 is 0. The van der Waals surface area contributed by atoms with Crippen molar-refractivity contribution in [3.8, 4) is 0 Å². The van der Waals surface area contributed by atoms with Gasteiger partial charge in [0.15, 0.2) is 0 Å². The van der Waals surface area contributed by atoms with Crippen LogP contribution >= 0.6 is 0 Å². The Morgan fingerprint density at radius 1 is 0.804 bits per heavy atom. The van der Waals surface area contributed by atoms with Crippen molar-refractivity contribution in [3.05, 3.63) is 47.6 Å². The van der Waals surface area contributed by atoms with Crippen molar-refractivity contribution in [2.45, 2.75) is 114 Å². The number of methoxy groups -OCH3 is 3. The van der Waals surface area contributed by atoms with Gasteiger partial charge < -0.3 is 44.4 Å². The van der Waals surface area contributed by atoms with Gasteiger partial charge in [-0.15, -0.1) is 0 Å². The summed E-state index contributed by atoms with van der Waals surface area (Å²) in [6, 6.07) is -2.28. The largest absolute Gasteiger partial charge is 0.465 e. The van der Waals surface area contributed by atoms with E-state index in [0.29, 0.717) is 24.9 Å². The van der Waals surface area contributed by atoms with Crippen molar-refractivity contribution >= 4 is 35.1 Å². The number of nitrogens with zero attached hydrogens (tertiary/aromatic N) is 5. The fourth-order valence-corrected chi connectivity index (χ4v) is 8.98. The highest BCUT2D eigenvalue weighted by Gasteiger charge is 2.42. The number of ether oxygens (including phenoxy) is 3. The number of likely N-dealkylation sites (tertiary alicyclic amines) is 2. The average Bonchev–Trinajstić information content (AvgIpc) is 4.06. The van der Waals surface area contributed by atoms with E-state index in [9.17, 15) is 24.3 Å². The van der Waals surface area contributed by atoms with Crippen LogP contribution in [0.3, 0.4) is 0 Å². The molecule has 0 saturated carbocycles. The van der Waals surface area contributed by atoms with Crippen LogP contribution in [0, 0.1) is 11.8 Å². The fraction of sp³-hybridized carbons (Fsp3) is 0.650. The molecule has 2 aromatic rings. The van der Waals surface area contributed by atoms with E-state index in [2.05, 4.69) is 27.4 Å². The number of carboxylic acid groups (broad SMARTS) is 1. The van der Waals surface area contributed by atoms with Gasteiger partial charge in [0.2, 0.25) is 11.8 Å². The van der Waals surface area contributed by atoms with E-state index >= 15 is 0 Å². The summed E-state index contributed by atoms with van der Waals surface area (Å²) in [4.78, 5) is 72.3. The van der Waals surface area contributed by atoms with E-state index < -0.39 is 36.5 Å². The molecule has 16 nitrogen and oxygen atoms in total. The molecular weight excluding hydrogens is 720 g/mol. The van der Waals surface area contributed by atoms with Crippen LogP contribution in [-0.2, 0) is 23.8 Å². The van der Waals surface area contributed by atoms with Gasteiger partial charge in [-0.1, -0.05) is 12.2 Å². The number of amides is 4. The molecule has 2 fully saturated rings. The molecule has 6 rings (SSSR count). The van der Waals surface area contributed by atoms with E-state index in [1.54, 1.807) is 23.6 Å². The number of allylic oxidation sites excluding steroid dienone is 4. The predicted octanol–water partition coefficient (Wildman–Crippen LogP) is 5.30. The van der Waals surface area contributed by atoms with Gasteiger partial charge in [-0.2, -0.15) is 0 Å². The van der Waals surface area contributed by atoms with Crippen LogP contribution in [0.15, 0.2) is 24.5 Å². The van der Waals surface area contributed by atoms with Gasteiger partial charge in [-0.25, -0.2) is 19.6 Å². The number of carbonyl (C=O) groups excluding carboxylic acids is 3. The first kappa shape index (κ1) is 40.9. The maximum absolute atomic E-state index is 13.7. The third-order valence-electron chi connectivity index (χ3n) is 12.5. The first-order valence-corrected chi connectivity index (χ1v) is 19.9. The number of likely N-dealkylation sites (N-methyl/N-ethyl adjacent to an activating group) is 1. The van der Waals surface area contributed by atoms with Crippen molar-refractivity contribution in [2.75, 3.05) is 41.5 Å². The van der Waals surface area contributed by atoms with E-state index in [1.165, 1.54) is 39.5 Å². The molecular formula is C40H58N8O8. The Kier molecular flexibility index (Phi) is 13.2. The molecule has 2 aliphatic carbocycles. The minimum atomic E-state index is -1.18. The van der Waals surface area contributed by atoms with Crippen LogP contribution in [-0.4, -0.2) is 130 Å². The summed E-state index contributed by atoms with van der Waals surface area (Å²) < 4.78 is 15.6. The van der Waals surface area contributed by atoms with E-state index in [0.717, 1.165) is 92.1 Å². The van der Waals surface area contributed by atoms with E-state index in [-0.39, 0.29) is 23.9 Å². The summed E-state index contributed by atoms with van der Waals surface area (Å²) in [5, 5.41) is 12.3. The minimum absolute atomic E-state index is 0.212. The zero-order valence-corrected chi connectivity index (χ0v) is 33.5. The number of H-pyrrole nitrogens is 2. The Bertz CT molecular complexity index is 1790. The molecule has 0 spiro atoms. The van der Waals surface area contributed by atoms with Gasteiger partial charge in [0, 0.05) is 46.8 Å². The number of alkyl carbamates (subject to hydrolysis) is 1. The van der Waals surface area contributed by atoms with Gasteiger partial charge in [-0.05, 0) is 101 Å². The monoisotopic (exact) mass is 778 g/mol. The first-order chi connectivity index (χ1) is 26.9. The van der Waals surface area contributed by atoms with Crippen molar-refractivity contribution in [1.29, 1.82) is 0 Å². The summed E-state index contributed by atoms with van der Waals surface area (Å²) in [5.41, 5.74) is 4.28. The van der Waals surface area contributed by atoms with Crippen LogP contribution in [0.1, 0.15) is 113 Å². The Labute approximate surface area is 328 Å². The van der Waals surface area contributed by atoms with Crippen LogP contribution in [0.25, 0.3) is 11.1 Å². The molecule has 4 amide bonds. The predicted molar refractivity (Wildman–Crippen MR) is 207 cm³/mol. The molecule has 2 saturated heterocycles. The molecule has 16 heteroatoms. The Morgan fingerprint density at radius 3 is 1.73 bits per heavy atom. The van der Waals surface area contributed by atoms with Crippen LogP contribution < -0.4 is 5.32 Å². The Morgan fingerprint density at radius 2 is 1.30 bits per heavy atom. The molecule has 0 aromatic carbocycles. The standard InChI is InChI=1S/C40H58N8O8/c1-23(54-4)33(45-39(51)56-6)37(49)47-19-7-9-31(47)35-41-21-29(43-35)27-15-11-25(12-16-27)26-13-17-28(18-14-26)30-22-42-36(44-30)32-10-8-20-48(32)38(50)34(24(2)55-5)46(3)40(52)53/h15,17,21-26,31-34H,7-14,16,18-20H2,1-6H3,(H,41,43)(H,42,44)(H,45,51)(H,52,53)/t23?,24-,25?,26?,31+,32+,33+,34+/m1/s1. The highest BCUT2D eigenvalue weighted by Crippen LogP contribution is 2.42. The minimum Gasteiger partial charge on any atom is -0.465 e. The quantitative estimate of drug-likeness (QED) is 0.207. The van der Waals surface area contributed by atoms with Crippen LogP contribution in [0.5, 0.6) is 0 Å². The molecule has 3 unspecified atom stereocenters. The number of carbonyl (C=O) groups is 4. The molecule has 306 valence electrons. The number of imidazole rings is 2. The molecule has 2 aromatic heterocycles. The molecule has 56 heavy (non-hydrogen) atoms. The second-order valence-corrected chi connectivity index (χ2v) is 15.6. The Hall–Kier alpha value is -4.70. The number of hydrogen-bond acceptors (Lipinski definition) is 9. The summed E-state index contributed by atoms with van der Waals surface area (Å²) in [7, 11) is 5.67. The third-order valence-corrected chi connectivity index (χ3v) is 12.5. The second-order valence-electron chi connectivity index (χ2n) is 15.6. The number of rotatable bonds is 13. The van der Waals surface area contributed by atoms with E-state index in [4.69, 9.17) is 24.2 Å². The maximum Gasteiger partial charge on any atom is 0.407 e. The van der Waals surface area contributed by atoms with Crippen molar-refractivity contribution < 1.29 is 38.5 Å². The molecule has 0 bridgehead atoms. The topological polar surface area (TPSA) is 195 Å². The van der Waals surface area contributed by atoms with Crippen molar-refractivity contribution in [3.63, 3.8) is 0 Å². The smallest absolute Gasteiger partial charge is 0.407 e. The Balaban J connectivity index is 1.05. The van der Waals surface area contributed by atoms with Gasteiger partial charge >= 0.3 is 12.2 Å². The highest BCUT2D eigenvalue weighted by atomic mass is 16.5. The van der Waals surface area contributed by atoms with Gasteiger partial charge in [0.1, 0.15) is 23.7 Å². The highest BCUT2D eigenvalue weighted by molar-refractivity contribution is 5.87. The van der Waals surface area contributed by atoms with E-state index in [1.807, 2.05) is 12.4 Å². The van der Waals surface area contributed by atoms with Crippen molar-refractivity contribution in [1.82, 2.24) is 40.0 Å². The van der Waals surface area contributed by atoms with Gasteiger partial charge in [0.25, 0.3) is 0 Å². The molecule has 4 aliphatic rings. The molecule has 4 N–H and O–H groups in total. The molecule has 4 heterocycles. The van der Waals surface area contributed by atoms with Crippen LogP contribution in [0.4, 0.5) is 9.59 Å². The normalized spacial score (nSPS) is 24.8. The first-order valence-electron chi connectivity index (χ1n) is 19.9. The molecule has 8 atom stereocenters.